The monoisotopic (exact) mass is 190 g/mol. The molecule has 0 unspecified atom stereocenters. The van der Waals surface area contributed by atoms with Crippen LogP contribution in [0.4, 0.5) is 5.82 Å². The fourth-order valence-corrected chi connectivity index (χ4v) is 0.927. The molecule has 74 valence electrons. The van der Waals surface area contributed by atoms with Crippen molar-refractivity contribution in [2.24, 2.45) is 0 Å². The van der Waals surface area contributed by atoms with E-state index >= 15 is 0 Å². The number of pyridine rings is 1. The summed E-state index contributed by atoms with van der Waals surface area (Å²) >= 11 is 0. The Morgan fingerprint density at radius 1 is 1.50 bits per heavy atom. The molecule has 1 amide bonds. The Morgan fingerprint density at radius 2 is 2.29 bits per heavy atom. The van der Waals surface area contributed by atoms with Crippen molar-refractivity contribution in [1.82, 2.24) is 4.98 Å². The van der Waals surface area contributed by atoms with Crippen LogP contribution >= 0.6 is 0 Å². The van der Waals surface area contributed by atoms with Crippen LogP contribution in [0.5, 0.6) is 0 Å². The summed E-state index contributed by atoms with van der Waals surface area (Å²) in [4.78, 5) is 15.3. The first kappa shape index (κ1) is 10.4. The van der Waals surface area contributed by atoms with Crippen LogP contribution in [0.25, 0.3) is 0 Å². The smallest absolute Gasteiger partial charge is 0.229 e. The van der Waals surface area contributed by atoms with Gasteiger partial charge in [0.1, 0.15) is 5.82 Å². The zero-order chi connectivity index (χ0) is 10.4. The average Bonchev–Trinajstić information content (AvgIpc) is 2.16. The Bertz CT molecular complexity index is 326. The molecule has 0 aliphatic heterocycles. The first-order chi connectivity index (χ1) is 6.68. The Labute approximate surface area is 83.9 Å². The Kier molecular flexibility index (Phi) is 3.85. The molecular formula is C11H14N2O. The zero-order valence-corrected chi connectivity index (χ0v) is 8.45. The van der Waals surface area contributed by atoms with Gasteiger partial charge in [-0.05, 0) is 26.0 Å². The second-order valence-electron chi connectivity index (χ2n) is 3.25. The van der Waals surface area contributed by atoms with Crippen LogP contribution in [-0.2, 0) is 4.79 Å². The van der Waals surface area contributed by atoms with Gasteiger partial charge < -0.3 is 5.32 Å². The molecule has 14 heavy (non-hydrogen) atoms. The second-order valence-corrected chi connectivity index (χ2v) is 3.25. The van der Waals surface area contributed by atoms with Gasteiger partial charge in [0.15, 0.2) is 0 Å². The van der Waals surface area contributed by atoms with Gasteiger partial charge in [-0.3, -0.25) is 4.79 Å². The summed E-state index contributed by atoms with van der Waals surface area (Å²) in [7, 11) is 0. The number of nitrogens with one attached hydrogen (secondary N) is 1. The molecule has 0 atom stereocenters. The lowest BCUT2D eigenvalue weighted by Gasteiger charge is -2.01. The molecule has 1 rings (SSSR count). The molecule has 0 saturated heterocycles. The summed E-state index contributed by atoms with van der Waals surface area (Å²) in [5.74, 6) is 0.560. The van der Waals surface area contributed by atoms with Gasteiger partial charge in [0.25, 0.3) is 0 Å². The van der Waals surface area contributed by atoms with Crippen molar-refractivity contribution < 1.29 is 4.79 Å². The lowest BCUT2D eigenvalue weighted by atomic mass is 10.2. The molecule has 3 nitrogen and oxygen atoms in total. The molecule has 0 fully saturated rings. The maximum Gasteiger partial charge on any atom is 0.229 e. The van der Waals surface area contributed by atoms with Crippen LogP contribution in [-0.4, -0.2) is 10.9 Å². The number of allylic oxidation sites excluding steroid dienone is 1. The summed E-state index contributed by atoms with van der Waals surface area (Å²) in [5, 5.41) is 2.70. The fraction of sp³-hybridized carbons (Fsp3) is 0.273. The molecule has 0 spiro atoms. The number of hydrogen-bond acceptors (Lipinski definition) is 2. The Hall–Kier alpha value is -1.64. The SMILES string of the molecule is CC(C)=CCC(=O)Nc1ccccn1. The third-order valence-electron chi connectivity index (χ3n) is 1.63. The molecule has 0 radical (unpaired) electrons. The van der Waals surface area contributed by atoms with Crippen molar-refractivity contribution in [2.45, 2.75) is 20.3 Å². The summed E-state index contributed by atoms with van der Waals surface area (Å²) in [6.07, 6.45) is 3.94. The third kappa shape index (κ3) is 3.85. The van der Waals surface area contributed by atoms with Gasteiger partial charge >= 0.3 is 0 Å². The largest absolute Gasteiger partial charge is 0.310 e. The summed E-state index contributed by atoms with van der Waals surface area (Å²) < 4.78 is 0. The van der Waals surface area contributed by atoms with Crippen LogP contribution < -0.4 is 5.32 Å². The minimum Gasteiger partial charge on any atom is -0.310 e. The molecule has 3 heteroatoms. The molecule has 0 aliphatic carbocycles. The number of rotatable bonds is 3. The molecule has 0 bridgehead atoms. The molecule has 0 aliphatic rings. The van der Waals surface area contributed by atoms with E-state index in [9.17, 15) is 4.79 Å². The summed E-state index contributed by atoms with van der Waals surface area (Å²) in [5.41, 5.74) is 1.14. The highest BCUT2D eigenvalue weighted by molar-refractivity contribution is 5.90. The van der Waals surface area contributed by atoms with E-state index < -0.39 is 0 Å². The van der Waals surface area contributed by atoms with Gasteiger partial charge in [-0.15, -0.1) is 0 Å². The maximum absolute atomic E-state index is 11.3. The summed E-state index contributed by atoms with van der Waals surface area (Å²) in [6, 6.07) is 5.41. The zero-order valence-electron chi connectivity index (χ0n) is 8.45. The van der Waals surface area contributed by atoms with E-state index in [-0.39, 0.29) is 5.91 Å². The first-order valence-corrected chi connectivity index (χ1v) is 4.53. The predicted molar refractivity (Wildman–Crippen MR) is 56.9 cm³/mol. The van der Waals surface area contributed by atoms with Gasteiger partial charge in [-0.1, -0.05) is 17.7 Å². The van der Waals surface area contributed by atoms with Crippen molar-refractivity contribution in [3.8, 4) is 0 Å². The van der Waals surface area contributed by atoms with Gasteiger partial charge in [0, 0.05) is 12.6 Å². The molecule has 0 aromatic carbocycles. The minimum atomic E-state index is -0.0371. The van der Waals surface area contributed by atoms with Crippen LogP contribution in [0.2, 0.25) is 0 Å². The second kappa shape index (κ2) is 5.17. The molecule has 0 saturated carbocycles. The van der Waals surface area contributed by atoms with E-state index in [4.69, 9.17) is 0 Å². The van der Waals surface area contributed by atoms with E-state index in [1.54, 1.807) is 12.3 Å². The van der Waals surface area contributed by atoms with E-state index in [0.717, 1.165) is 5.57 Å². The van der Waals surface area contributed by atoms with Gasteiger partial charge in [0.2, 0.25) is 5.91 Å². The third-order valence-corrected chi connectivity index (χ3v) is 1.63. The van der Waals surface area contributed by atoms with Gasteiger partial charge in [0.05, 0.1) is 0 Å². The molecule has 1 aromatic rings. The van der Waals surface area contributed by atoms with Crippen molar-refractivity contribution in [1.29, 1.82) is 0 Å². The normalized spacial score (nSPS) is 9.29. The Balaban J connectivity index is 2.46. The fourth-order valence-electron chi connectivity index (χ4n) is 0.927. The standard InChI is InChI=1S/C11H14N2O/c1-9(2)6-7-11(14)13-10-5-3-4-8-12-10/h3-6,8H,7H2,1-2H3,(H,12,13,14). The van der Waals surface area contributed by atoms with Crippen LogP contribution in [0.1, 0.15) is 20.3 Å². The number of amides is 1. The number of anilines is 1. The van der Waals surface area contributed by atoms with Crippen molar-refractivity contribution in [2.75, 3.05) is 5.32 Å². The van der Waals surface area contributed by atoms with Gasteiger partial charge in [-0.25, -0.2) is 4.98 Å². The Morgan fingerprint density at radius 3 is 2.86 bits per heavy atom. The maximum atomic E-state index is 11.3. The molecular weight excluding hydrogens is 176 g/mol. The van der Waals surface area contributed by atoms with E-state index in [1.807, 2.05) is 32.1 Å². The topological polar surface area (TPSA) is 42.0 Å². The van der Waals surface area contributed by atoms with Crippen molar-refractivity contribution in [3.63, 3.8) is 0 Å². The van der Waals surface area contributed by atoms with Crippen LogP contribution in [0.15, 0.2) is 36.0 Å². The number of aromatic nitrogens is 1. The number of hydrogen-bond donors (Lipinski definition) is 1. The number of nitrogens with zero attached hydrogens (tertiary/aromatic N) is 1. The van der Waals surface area contributed by atoms with Crippen molar-refractivity contribution >= 4 is 11.7 Å². The highest BCUT2D eigenvalue weighted by atomic mass is 16.1. The van der Waals surface area contributed by atoms with Gasteiger partial charge in [-0.2, -0.15) is 0 Å². The predicted octanol–water partition coefficient (Wildman–Crippen LogP) is 2.38. The van der Waals surface area contributed by atoms with E-state index in [2.05, 4.69) is 10.3 Å². The lowest BCUT2D eigenvalue weighted by Crippen LogP contribution is -2.10. The molecule has 1 N–H and O–H groups in total. The lowest BCUT2D eigenvalue weighted by molar-refractivity contribution is -0.115. The van der Waals surface area contributed by atoms with Crippen molar-refractivity contribution in [3.05, 3.63) is 36.0 Å². The van der Waals surface area contributed by atoms with E-state index in [1.165, 1.54) is 0 Å². The highest BCUT2D eigenvalue weighted by Crippen LogP contribution is 2.01. The minimum absolute atomic E-state index is 0.0371. The summed E-state index contributed by atoms with van der Waals surface area (Å²) in [6.45, 7) is 3.93. The van der Waals surface area contributed by atoms with Crippen LogP contribution in [0.3, 0.4) is 0 Å². The first-order valence-electron chi connectivity index (χ1n) is 4.53. The quantitative estimate of drug-likeness (QED) is 0.743. The van der Waals surface area contributed by atoms with Crippen LogP contribution in [0, 0.1) is 0 Å². The van der Waals surface area contributed by atoms with E-state index in [0.29, 0.717) is 12.2 Å². The molecule has 1 aromatic heterocycles. The molecule has 1 heterocycles. The average molecular weight is 190 g/mol. The number of carbonyl (C=O) groups is 1. The number of carbonyl (C=O) groups excluding carboxylic acids is 1. The highest BCUT2D eigenvalue weighted by Gasteiger charge is 1.99.